The molecule has 0 amide bonds. The van der Waals surface area contributed by atoms with E-state index < -0.39 is 0 Å². The van der Waals surface area contributed by atoms with E-state index in [4.69, 9.17) is 0 Å². The van der Waals surface area contributed by atoms with E-state index in [1.165, 1.54) is 12.1 Å². The second-order valence-electron chi connectivity index (χ2n) is 4.96. The molecule has 0 fully saturated rings. The molecule has 1 aromatic heterocycles. The molecule has 1 atom stereocenters. The number of rotatable bonds is 2. The van der Waals surface area contributed by atoms with E-state index in [2.05, 4.69) is 4.98 Å². The second kappa shape index (κ2) is 4.57. The second-order valence-corrected chi connectivity index (χ2v) is 4.96. The summed E-state index contributed by atoms with van der Waals surface area (Å²) < 4.78 is 13.1. The molecule has 3 heteroatoms. The van der Waals surface area contributed by atoms with Crippen LogP contribution in [0.3, 0.4) is 0 Å². The van der Waals surface area contributed by atoms with Crippen LogP contribution in [0.5, 0.6) is 0 Å². The Bertz CT molecular complexity index is 651. The third kappa shape index (κ3) is 2.05. The normalized spacial score (nSPS) is 17.3. The van der Waals surface area contributed by atoms with Crippen molar-refractivity contribution in [3.8, 4) is 0 Å². The topological polar surface area (TPSA) is 30.0 Å². The Balaban J connectivity index is 1.98. The van der Waals surface area contributed by atoms with Crippen molar-refractivity contribution in [2.75, 3.05) is 0 Å². The van der Waals surface area contributed by atoms with E-state index in [0.29, 0.717) is 11.1 Å². The van der Waals surface area contributed by atoms with E-state index >= 15 is 0 Å². The van der Waals surface area contributed by atoms with Crippen LogP contribution in [0.25, 0.3) is 0 Å². The first-order chi connectivity index (χ1) is 9.16. The number of hydrogen-bond donors (Lipinski definition) is 0. The summed E-state index contributed by atoms with van der Waals surface area (Å²) in [6.07, 6.45) is 3.41. The average Bonchev–Trinajstić information content (AvgIpc) is 2.82. The molecular weight excluding hydrogens is 241 g/mol. The van der Waals surface area contributed by atoms with Crippen LogP contribution in [0, 0.1) is 12.7 Å². The predicted molar refractivity (Wildman–Crippen MR) is 70.8 cm³/mol. The molecule has 0 bridgehead atoms. The summed E-state index contributed by atoms with van der Waals surface area (Å²) >= 11 is 0. The van der Waals surface area contributed by atoms with Gasteiger partial charge in [-0.2, -0.15) is 0 Å². The van der Waals surface area contributed by atoms with E-state index in [0.717, 1.165) is 24.1 Å². The minimum atomic E-state index is -0.306. The van der Waals surface area contributed by atoms with Gasteiger partial charge in [0.25, 0.3) is 0 Å². The van der Waals surface area contributed by atoms with Crippen molar-refractivity contribution in [2.45, 2.75) is 25.7 Å². The molecule has 0 spiro atoms. The Morgan fingerprint density at radius 2 is 2.21 bits per heavy atom. The maximum Gasteiger partial charge on any atom is 0.172 e. The van der Waals surface area contributed by atoms with E-state index in [1.54, 1.807) is 19.2 Å². The Hall–Kier alpha value is -2.03. The lowest BCUT2D eigenvalue weighted by Crippen LogP contribution is -2.12. The van der Waals surface area contributed by atoms with Crippen LogP contribution < -0.4 is 0 Å². The van der Waals surface area contributed by atoms with Gasteiger partial charge in [-0.3, -0.25) is 9.78 Å². The van der Waals surface area contributed by atoms with Crippen LogP contribution in [0.15, 0.2) is 36.5 Å². The molecule has 0 aliphatic heterocycles. The third-order valence-electron chi connectivity index (χ3n) is 3.73. The largest absolute Gasteiger partial charge is 0.293 e. The minimum absolute atomic E-state index is 0.0509. The maximum absolute atomic E-state index is 13.1. The molecule has 1 aliphatic rings. The summed E-state index contributed by atoms with van der Waals surface area (Å²) in [6, 6.07) is 8.24. The highest BCUT2D eigenvalue weighted by molar-refractivity contribution is 6.02. The van der Waals surface area contributed by atoms with Crippen molar-refractivity contribution in [2.24, 2.45) is 0 Å². The van der Waals surface area contributed by atoms with Crippen LogP contribution in [0.1, 0.15) is 39.5 Å². The smallest absolute Gasteiger partial charge is 0.172 e. The van der Waals surface area contributed by atoms with Crippen LogP contribution in [0.2, 0.25) is 0 Å². The third-order valence-corrected chi connectivity index (χ3v) is 3.73. The molecule has 1 heterocycles. The first kappa shape index (κ1) is 12.0. The number of pyridine rings is 1. The zero-order chi connectivity index (χ0) is 13.4. The quantitative estimate of drug-likeness (QED) is 0.769. The first-order valence-electron chi connectivity index (χ1n) is 6.41. The molecule has 19 heavy (non-hydrogen) atoms. The number of Topliss-reactive ketones (excluding diaryl/α,β-unsaturated/α-hetero) is 1. The standard InChI is InChI=1S/C16H14FNO/c1-10-9-12(17)5-7-13(10)16(19)14-6-4-11-3-2-8-18-15(11)14/h2-3,5,7-9,14H,4,6H2,1H3. The van der Waals surface area contributed by atoms with E-state index in [9.17, 15) is 9.18 Å². The number of fused-ring (bicyclic) bond motifs is 1. The molecule has 96 valence electrons. The Kier molecular flexibility index (Phi) is 2.90. The molecule has 3 rings (SSSR count). The lowest BCUT2D eigenvalue weighted by atomic mass is 9.92. The van der Waals surface area contributed by atoms with E-state index in [-0.39, 0.29) is 17.5 Å². The minimum Gasteiger partial charge on any atom is -0.293 e. The molecule has 0 radical (unpaired) electrons. The fraction of sp³-hybridized carbons (Fsp3) is 0.250. The van der Waals surface area contributed by atoms with Gasteiger partial charge in [0, 0.05) is 11.8 Å². The molecule has 2 aromatic rings. The molecule has 1 unspecified atom stereocenters. The first-order valence-corrected chi connectivity index (χ1v) is 6.41. The van der Waals surface area contributed by atoms with Gasteiger partial charge in [0.05, 0.1) is 11.6 Å². The van der Waals surface area contributed by atoms with Crippen molar-refractivity contribution in [3.05, 3.63) is 64.7 Å². The van der Waals surface area contributed by atoms with Gasteiger partial charge < -0.3 is 0 Å². The highest BCUT2D eigenvalue weighted by Crippen LogP contribution is 2.34. The Morgan fingerprint density at radius 1 is 1.37 bits per heavy atom. The Morgan fingerprint density at radius 3 is 3.00 bits per heavy atom. The zero-order valence-electron chi connectivity index (χ0n) is 10.7. The number of hydrogen-bond acceptors (Lipinski definition) is 2. The summed E-state index contributed by atoms with van der Waals surface area (Å²) in [4.78, 5) is 16.9. The van der Waals surface area contributed by atoms with Crippen molar-refractivity contribution in [3.63, 3.8) is 0 Å². The fourth-order valence-corrected chi connectivity index (χ4v) is 2.76. The molecule has 0 N–H and O–H groups in total. The number of nitrogens with zero attached hydrogens (tertiary/aromatic N) is 1. The van der Waals surface area contributed by atoms with Crippen molar-refractivity contribution >= 4 is 5.78 Å². The van der Waals surface area contributed by atoms with Crippen molar-refractivity contribution in [1.29, 1.82) is 0 Å². The molecule has 0 saturated carbocycles. The van der Waals surface area contributed by atoms with Gasteiger partial charge >= 0.3 is 0 Å². The monoisotopic (exact) mass is 255 g/mol. The Labute approximate surface area is 111 Å². The van der Waals surface area contributed by atoms with Crippen LogP contribution in [0.4, 0.5) is 4.39 Å². The van der Waals surface area contributed by atoms with Crippen LogP contribution in [-0.2, 0) is 6.42 Å². The number of ketones is 1. The van der Waals surface area contributed by atoms with Crippen LogP contribution >= 0.6 is 0 Å². The van der Waals surface area contributed by atoms with Crippen molar-refractivity contribution < 1.29 is 9.18 Å². The number of aryl methyl sites for hydroxylation is 2. The van der Waals surface area contributed by atoms with Crippen LogP contribution in [-0.4, -0.2) is 10.8 Å². The summed E-state index contributed by atoms with van der Waals surface area (Å²) in [5.41, 5.74) is 3.33. The zero-order valence-corrected chi connectivity index (χ0v) is 10.7. The molecule has 1 aromatic carbocycles. The highest BCUT2D eigenvalue weighted by Gasteiger charge is 2.30. The van der Waals surface area contributed by atoms with Gasteiger partial charge in [-0.1, -0.05) is 6.07 Å². The van der Waals surface area contributed by atoms with Gasteiger partial charge in [-0.15, -0.1) is 0 Å². The summed E-state index contributed by atoms with van der Waals surface area (Å²) in [5.74, 6) is -0.436. The number of carbonyl (C=O) groups excluding carboxylic acids is 1. The van der Waals surface area contributed by atoms with Gasteiger partial charge in [-0.25, -0.2) is 4.39 Å². The van der Waals surface area contributed by atoms with Gasteiger partial charge in [0.2, 0.25) is 0 Å². The van der Waals surface area contributed by atoms with Gasteiger partial charge in [0.15, 0.2) is 5.78 Å². The molecule has 0 saturated heterocycles. The van der Waals surface area contributed by atoms with E-state index in [1.807, 2.05) is 12.1 Å². The lowest BCUT2D eigenvalue weighted by molar-refractivity contribution is 0.0957. The summed E-state index contributed by atoms with van der Waals surface area (Å²) in [5, 5.41) is 0. The lowest BCUT2D eigenvalue weighted by Gasteiger charge is -2.11. The molecule has 2 nitrogen and oxygen atoms in total. The SMILES string of the molecule is Cc1cc(F)ccc1C(=O)C1CCc2cccnc21. The maximum atomic E-state index is 13.1. The molecular formula is C16H14FNO. The highest BCUT2D eigenvalue weighted by atomic mass is 19.1. The molecule has 1 aliphatic carbocycles. The fourth-order valence-electron chi connectivity index (χ4n) is 2.76. The summed E-state index contributed by atoms with van der Waals surface area (Å²) in [7, 11) is 0. The average molecular weight is 255 g/mol. The summed E-state index contributed by atoms with van der Waals surface area (Å²) in [6.45, 7) is 1.77. The van der Waals surface area contributed by atoms with Crippen molar-refractivity contribution in [1.82, 2.24) is 4.98 Å². The van der Waals surface area contributed by atoms with Gasteiger partial charge in [-0.05, 0) is 55.2 Å². The number of carbonyl (C=O) groups is 1. The van der Waals surface area contributed by atoms with Gasteiger partial charge in [0.1, 0.15) is 5.82 Å². The number of aromatic nitrogens is 1. The number of halogens is 1. The predicted octanol–water partition coefficient (Wildman–Crippen LogP) is 3.44. The number of benzene rings is 1.